The van der Waals surface area contributed by atoms with Crippen molar-refractivity contribution in [2.45, 2.75) is 19.8 Å². The zero-order valence-electron chi connectivity index (χ0n) is 43.9. The fraction of sp³-hybridized carbons (Fsp3) is 0.0423. The van der Waals surface area contributed by atoms with Crippen LogP contribution >= 0.6 is 22.7 Å². The second-order valence-corrected chi connectivity index (χ2v) is 22.6. The molecule has 0 fully saturated rings. The number of thiophene rings is 2. The van der Waals surface area contributed by atoms with Crippen molar-refractivity contribution in [1.29, 1.82) is 0 Å². The van der Waals surface area contributed by atoms with E-state index in [1.54, 1.807) is 11.3 Å². The van der Waals surface area contributed by atoms with Gasteiger partial charge in [0.05, 0.1) is 31.6 Å². The van der Waals surface area contributed by atoms with Crippen LogP contribution in [-0.4, -0.2) is 39.0 Å². The molecule has 6 aromatic heterocycles. The van der Waals surface area contributed by atoms with Crippen molar-refractivity contribution in [3.05, 3.63) is 235 Å². The molecule has 0 saturated heterocycles. The lowest BCUT2D eigenvalue weighted by atomic mass is 9.93. The van der Waals surface area contributed by atoms with Crippen molar-refractivity contribution in [1.82, 2.24) is 39.0 Å². The molecule has 0 spiro atoms. The SMILES string of the molecule is C=Cc1sc2c(ccc3c4ccc5ccccc5c4n(-c4nc(-c5ccccc5)nc(-c5cccc(-c6cc7c8c(n(-c9nc(-c%10ccccc%10)nc(-c%10ccccc%10)n9)c7c7sc9ccccc9c67)C=CCC8)c5)n4)c32)c1C=CC. The second-order valence-electron chi connectivity index (χ2n) is 20.4. The molecule has 0 unspecified atom stereocenters. The highest BCUT2D eigenvalue weighted by Crippen LogP contribution is 2.49. The summed E-state index contributed by atoms with van der Waals surface area (Å²) in [7, 11) is 0. The Bertz CT molecular complexity index is 5080. The van der Waals surface area contributed by atoms with Gasteiger partial charge >= 0.3 is 0 Å². The number of fused-ring (bicyclic) bond motifs is 14. The van der Waals surface area contributed by atoms with Crippen LogP contribution in [0.4, 0.5) is 0 Å². The van der Waals surface area contributed by atoms with Crippen LogP contribution in [0.2, 0.25) is 0 Å². The molecule has 0 atom stereocenters. The summed E-state index contributed by atoms with van der Waals surface area (Å²) in [6, 6.07) is 68.3. The van der Waals surface area contributed by atoms with E-state index in [1.165, 1.54) is 31.1 Å². The lowest BCUT2D eigenvalue weighted by Gasteiger charge is -2.14. The molecule has 0 N–H and O–H groups in total. The summed E-state index contributed by atoms with van der Waals surface area (Å²) in [6.07, 6.45) is 12.6. The Labute approximate surface area is 473 Å². The van der Waals surface area contributed by atoms with Gasteiger partial charge in [-0.05, 0) is 66.1 Å². The Morgan fingerprint density at radius 1 is 0.469 bits per heavy atom. The number of hydrogen-bond donors (Lipinski definition) is 0. The van der Waals surface area contributed by atoms with Crippen LogP contribution in [0.25, 0.3) is 161 Å². The molecule has 9 aromatic carbocycles. The van der Waals surface area contributed by atoms with E-state index in [9.17, 15) is 0 Å². The number of aromatic nitrogens is 8. The van der Waals surface area contributed by atoms with Gasteiger partial charge in [0, 0.05) is 75.1 Å². The molecule has 15 aromatic rings. The predicted molar refractivity (Wildman–Crippen MR) is 339 cm³/mol. The van der Waals surface area contributed by atoms with E-state index in [4.69, 9.17) is 29.9 Å². The molecule has 0 saturated carbocycles. The standard InChI is InChI=1S/C71H46N8S2/c1-3-21-50-53-39-38-52-51-37-36-42-22-14-15-31-48(42)61(51)79(62(52)64(53)80-58(50)4-2)71-76-68(45-27-12-7-13-28-45)73-69(77-71)47-30-20-29-46(40-47)55-41-56-49-32-16-18-34-57(49)78(63(56)65-60(55)54-33-17-19-35-59(54)81-65)70-74-66(43-23-8-5-9-24-43)72-67(75-70)44-25-10-6-11-26-44/h3-15,17-31,33-41H,2,16,32H2,1H3. The quantitative estimate of drug-likeness (QED) is 0.143. The molecule has 1 aliphatic rings. The highest BCUT2D eigenvalue weighted by molar-refractivity contribution is 7.26. The van der Waals surface area contributed by atoms with Crippen molar-refractivity contribution in [3.63, 3.8) is 0 Å². The Morgan fingerprint density at radius 2 is 1.04 bits per heavy atom. The third kappa shape index (κ3) is 7.48. The normalized spacial score (nSPS) is 12.6. The number of benzene rings is 9. The van der Waals surface area contributed by atoms with Crippen molar-refractivity contribution >= 4 is 115 Å². The molecule has 0 radical (unpaired) electrons. The van der Waals surface area contributed by atoms with Gasteiger partial charge in [0.1, 0.15) is 0 Å². The Hall–Kier alpha value is -10.0. The number of hydrogen-bond acceptors (Lipinski definition) is 8. The molecule has 6 heterocycles. The molecule has 81 heavy (non-hydrogen) atoms. The highest BCUT2D eigenvalue weighted by atomic mass is 32.1. The number of allylic oxidation sites excluding steroid dienone is 2. The van der Waals surface area contributed by atoms with Crippen molar-refractivity contribution in [2.24, 2.45) is 0 Å². The number of rotatable bonds is 9. The smallest absolute Gasteiger partial charge is 0.238 e. The molecular weight excluding hydrogens is 1030 g/mol. The van der Waals surface area contributed by atoms with Gasteiger partial charge in [-0.1, -0.05) is 207 Å². The third-order valence-electron chi connectivity index (χ3n) is 15.8. The monoisotopic (exact) mass is 1070 g/mol. The van der Waals surface area contributed by atoms with E-state index in [2.05, 4.69) is 186 Å². The minimum Gasteiger partial charge on any atom is -0.277 e. The zero-order valence-corrected chi connectivity index (χ0v) is 45.5. The summed E-state index contributed by atoms with van der Waals surface area (Å²) in [6.45, 7) is 6.33. The van der Waals surface area contributed by atoms with Crippen LogP contribution < -0.4 is 0 Å². The fourth-order valence-corrected chi connectivity index (χ4v) is 14.6. The number of nitrogens with zero attached hydrogens (tertiary/aromatic N) is 8. The summed E-state index contributed by atoms with van der Waals surface area (Å²) in [4.78, 5) is 33.3. The zero-order chi connectivity index (χ0) is 53.7. The van der Waals surface area contributed by atoms with Gasteiger partial charge in [-0.3, -0.25) is 9.13 Å². The van der Waals surface area contributed by atoms with Gasteiger partial charge in [0.25, 0.3) is 0 Å². The summed E-state index contributed by atoms with van der Waals surface area (Å²) in [5.74, 6) is 3.55. The fourth-order valence-electron chi connectivity index (χ4n) is 12.2. The van der Waals surface area contributed by atoms with E-state index in [1.807, 2.05) is 72.0 Å². The van der Waals surface area contributed by atoms with E-state index < -0.39 is 0 Å². The Morgan fingerprint density at radius 3 is 1.73 bits per heavy atom. The maximum Gasteiger partial charge on any atom is 0.238 e. The molecule has 0 aliphatic heterocycles. The topological polar surface area (TPSA) is 87.2 Å². The van der Waals surface area contributed by atoms with Crippen molar-refractivity contribution in [2.75, 3.05) is 0 Å². The average molecular weight is 1080 g/mol. The lowest BCUT2D eigenvalue weighted by molar-refractivity contribution is 0.904. The second kappa shape index (κ2) is 18.8. The van der Waals surface area contributed by atoms with Crippen LogP contribution in [0.15, 0.2) is 213 Å². The molecule has 382 valence electrons. The first-order chi connectivity index (χ1) is 40.1. The van der Waals surface area contributed by atoms with Gasteiger partial charge in [0.15, 0.2) is 23.3 Å². The third-order valence-corrected chi connectivity index (χ3v) is 18.2. The number of aryl methyl sites for hydroxylation is 1. The Balaban J connectivity index is 0.950. The van der Waals surface area contributed by atoms with E-state index in [0.717, 1.165) is 111 Å². The van der Waals surface area contributed by atoms with E-state index in [0.29, 0.717) is 35.2 Å². The van der Waals surface area contributed by atoms with Crippen LogP contribution in [0.3, 0.4) is 0 Å². The van der Waals surface area contributed by atoms with Gasteiger partial charge in [0.2, 0.25) is 11.9 Å². The Kier molecular flexibility index (Phi) is 10.9. The largest absolute Gasteiger partial charge is 0.277 e. The van der Waals surface area contributed by atoms with Gasteiger partial charge in [-0.15, -0.1) is 22.7 Å². The van der Waals surface area contributed by atoms with E-state index in [-0.39, 0.29) is 0 Å². The van der Waals surface area contributed by atoms with Crippen LogP contribution in [0.5, 0.6) is 0 Å². The van der Waals surface area contributed by atoms with Gasteiger partial charge < -0.3 is 0 Å². The van der Waals surface area contributed by atoms with Crippen molar-refractivity contribution in [3.8, 4) is 68.6 Å². The van der Waals surface area contributed by atoms with Gasteiger partial charge in [-0.25, -0.2) is 9.97 Å². The molecule has 16 rings (SSSR count). The maximum atomic E-state index is 5.59. The predicted octanol–water partition coefficient (Wildman–Crippen LogP) is 18.8. The molecule has 0 bridgehead atoms. The summed E-state index contributed by atoms with van der Waals surface area (Å²) in [5.41, 5.74) is 12.6. The molecule has 10 heteroatoms. The summed E-state index contributed by atoms with van der Waals surface area (Å²) in [5, 5.41) is 9.24. The average Bonchev–Trinajstić information content (AvgIpc) is 4.46. The summed E-state index contributed by atoms with van der Waals surface area (Å²) >= 11 is 3.58. The molecule has 0 amide bonds. The van der Waals surface area contributed by atoms with Crippen molar-refractivity contribution < 1.29 is 0 Å². The van der Waals surface area contributed by atoms with Crippen LogP contribution in [0.1, 0.15) is 35.0 Å². The maximum absolute atomic E-state index is 5.59. The molecule has 1 aliphatic carbocycles. The molecular formula is C71H46N8S2. The highest BCUT2D eigenvalue weighted by Gasteiger charge is 2.28. The van der Waals surface area contributed by atoms with E-state index >= 15 is 0 Å². The first kappa shape index (κ1) is 47.0. The lowest BCUT2D eigenvalue weighted by Crippen LogP contribution is -2.08. The van der Waals surface area contributed by atoms with Gasteiger partial charge in [-0.2, -0.15) is 19.9 Å². The summed E-state index contributed by atoms with van der Waals surface area (Å²) < 4.78 is 8.13. The van der Waals surface area contributed by atoms with Crippen LogP contribution in [0, 0.1) is 0 Å². The minimum atomic E-state index is 0.548. The molecule has 8 nitrogen and oxygen atoms in total. The first-order valence-corrected chi connectivity index (χ1v) is 28.9. The van der Waals surface area contributed by atoms with Crippen LogP contribution in [-0.2, 0) is 6.42 Å². The minimum absolute atomic E-state index is 0.548. The first-order valence-electron chi connectivity index (χ1n) is 27.2.